The average molecular weight is 167 g/mol. The van der Waals surface area contributed by atoms with Gasteiger partial charge in [-0.2, -0.15) is 4.68 Å². The Morgan fingerprint density at radius 1 is 1.67 bits per heavy atom. The van der Waals surface area contributed by atoms with Crippen molar-refractivity contribution in [3.05, 3.63) is 45.8 Å². The lowest BCUT2D eigenvalue weighted by Gasteiger charge is -2.02. The zero-order chi connectivity index (χ0) is 8.97. The highest BCUT2D eigenvalue weighted by atomic mass is 16.2. The Labute approximate surface area is 68.3 Å². The molecule has 0 atom stereocenters. The number of nitrogens with one attached hydrogen (secondary N) is 2. The molecule has 0 saturated heterocycles. The normalized spacial score (nSPS) is 9.33. The lowest BCUT2D eigenvalue weighted by molar-refractivity contribution is 0.769. The molecule has 0 spiro atoms. The maximum absolute atomic E-state index is 11.0. The van der Waals surface area contributed by atoms with Crippen LogP contribution < -0.4 is 16.7 Å². The summed E-state index contributed by atoms with van der Waals surface area (Å²) in [6.07, 6.45) is 2.86. The van der Waals surface area contributed by atoms with Crippen LogP contribution in [0.15, 0.2) is 34.5 Å². The van der Waals surface area contributed by atoms with Crippen molar-refractivity contribution < 1.29 is 0 Å². The van der Waals surface area contributed by atoms with E-state index in [9.17, 15) is 9.59 Å². The molecule has 0 amide bonds. The fourth-order valence-corrected chi connectivity index (χ4v) is 0.729. The fraction of sp³-hybridized carbons (Fsp3) is 0.143. The second-order valence-electron chi connectivity index (χ2n) is 2.11. The molecule has 5 heteroatoms. The van der Waals surface area contributed by atoms with Crippen LogP contribution in [0.2, 0.25) is 0 Å². The monoisotopic (exact) mass is 167 g/mol. The average Bonchev–Trinajstić information content (AvgIpc) is 2.04. The molecule has 0 saturated carbocycles. The first-order valence-electron chi connectivity index (χ1n) is 3.41. The molecule has 0 aliphatic carbocycles. The molecular weight excluding hydrogens is 158 g/mol. The molecule has 2 N–H and O–H groups in total. The number of aromatic amines is 1. The van der Waals surface area contributed by atoms with Crippen molar-refractivity contribution >= 4 is 0 Å². The Kier molecular flexibility index (Phi) is 2.47. The Bertz CT molecular complexity index is 348. The molecule has 1 rings (SSSR count). The minimum absolute atomic E-state index is 0.368. The van der Waals surface area contributed by atoms with E-state index < -0.39 is 5.69 Å². The summed E-state index contributed by atoms with van der Waals surface area (Å²) >= 11 is 0. The van der Waals surface area contributed by atoms with Gasteiger partial charge in [-0.25, -0.2) is 4.79 Å². The van der Waals surface area contributed by atoms with Crippen molar-refractivity contribution in [2.24, 2.45) is 0 Å². The van der Waals surface area contributed by atoms with Gasteiger partial charge in [-0.05, 0) is 0 Å². The quantitative estimate of drug-likeness (QED) is 0.583. The SMILES string of the molecule is C=CCNn1c(=O)cc[nH]c1=O. The predicted octanol–water partition coefficient (Wildman–Crippen LogP) is -0.734. The van der Waals surface area contributed by atoms with Crippen LogP contribution in [0, 0.1) is 0 Å². The minimum Gasteiger partial charge on any atom is -0.315 e. The Morgan fingerprint density at radius 2 is 2.42 bits per heavy atom. The molecule has 0 unspecified atom stereocenters. The van der Waals surface area contributed by atoms with Gasteiger partial charge in [0.15, 0.2) is 0 Å². The van der Waals surface area contributed by atoms with E-state index in [2.05, 4.69) is 17.0 Å². The van der Waals surface area contributed by atoms with Gasteiger partial charge in [0.2, 0.25) is 0 Å². The van der Waals surface area contributed by atoms with Gasteiger partial charge < -0.3 is 10.4 Å². The molecule has 0 bridgehead atoms. The highest BCUT2D eigenvalue weighted by molar-refractivity contribution is 4.88. The molecule has 12 heavy (non-hydrogen) atoms. The van der Waals surface area contributed by atoms with E-state index in [0.29, 0.717) is 6.54 Å². The first-order valence-corrected chi connectivity index (χ1v) is 3.41. The Hall–Kier alpha value is -1.78. The summed E-state index contributed by atoms with van der Waals surface area (Å²) in [5.41, 5.74) is 1.70. The highest BCUT2D eigenvalue weighted by Gasteiger charge is 1.95. The molecular formula is C7H9N3O2. The van der Waals surface area contributed by atoms with Crippen LogP contribution in [0.5, 0.6) is 0 Å². The predicted molar refractivity (Wildman–Crippen MR) is 45.7 cm³/mol. The largest absolute Gasteiger partial charge is 0.347 e. The summed E-state index contributed by atoms with van der Waals surface area (Å²) in [7, 11) is 0. The molecule has 0 aliphatic rings. The van der Waals surface area contributed by atoms with Crippen molar-refractivity contribution in [3.8, 4) is 0 Å². The summed E-state index contributed by atoms with van der Waals surface area (Å²) in [6, 6.07) is 1.26. The molecule has 0 radical (unpaired) electrons. The molecule has 64 valence electrons. The van der Waals surface area contributed by atoms with Crippen molar-refractivity contribution in [3.63, 3.8) is 0 Å². The fourth-order valence-electron chi connectivity index (χ4n) is 0.729. The van der Waals surface area contributed by atoms with Crippen molar-refractivity contribution in [1.82, 2.24) is 9.66 Å². The molecule has 0 aromatic carbocycles. The smallest absolute Gasteiger partial charge is 0.315 e. The summed E-state index contributed by atoms with van der Waals surface area (Å²) in [4.78, 5) is 24.3. The van der Waals surface area contributed by atoms with Gasteiger partial charge in [-0.15, -0.1) is 6.58 Å². The summed E-state index contributed by atoms with van der Waals surface area (Å²) in [6.45, 7) is 3.81. The number of nitrogens with zero attached hydrogens (tertiary/aromatic N) is 1. The standard InChI is InChI=1S/C7H9N3O2/c1-2-4-9-10-6(11)3-5-8-7(10)12/h2-3,5,9H,1,4H2,(H,8,12). The minimum atomic E-state index is -0.482. The first kappa shape index (κ1) is 8.32. The second-order valence-corrected chi connectivity index (χ2v) is 2.11. The van der Waals surface area contributed by atoms with Crippen LogP contribution in [0.1, 0.15) is 0 Å². The van der Waals surface area contributed by atoms with E-state index in [1.807, 2.05) is 0 Å². The van der Waals surface area contributed by atoms with Gasteiger partial charge in [0.1, 0.15) is 0 Å². The molecule has 5 nitrogen and oxygen atoms in total. The van der Waals surface area contributed by atoms with Crippen LogP contribution in [-0.2, 0) is 0 Å². The van der Waals surface area contributed by atoms with Crippen LogP contribution in [0.25, 0.3) is 0 Å². The number of aromatic nitrogens is 2. The van der Waals surface area contributed by atoms with Crippen molar-refractivity contribution in [2.75, 3.05) is 12.0 Å². The zero-order valence-electron chi connectivity index (χ0n) is 6.41. The third-order valence-corrected chi connectivity index (χ3v) is 1.25. The lowest BCUT2D eigenvalue weighted by Crippen LogP contribution is -2.40. The van der Waals surface area contributed by atoms with Crippen LogP contribution in [-0.4, -0.2) is 16.2 Å². The van der Waals surface area contributed by atoms with E-state index in [-0.39, 0.29) is 5.56 Å². The molecule has 1 aromatic rings. The summed E-state index contributed by atoms with van der Waals surface area (Å²) in [5.74, 6) is 0. The van der Waals surface area contributed by atoms with E-state index in [0.717, 1.165) is 4.68 Å². The van der Waals surface area contributed by atoms with Gasteiger partial charge in [0.05, 0.1) is 0 Å². The topological polar surface area (TPSA) is 66.9 Å². The highest BCUT2D eigenvalue weighted by Crippen LogP contribution is 1.64. The van der Waals surface area contributed by atoms with Gasteiger partial charge in [0, 0.05) is 18.8 Å². The van der Waals surface area contributed by atoms with E-state index in [1.165, 1.54) is 12.3 Å². The maximum Gasteiger partial charge on any atom is 0.347 e. The number of rotatable bonds is 3. The van der Waals surface area contributed by atoms with Gasteiger partial charge >= 0.3 is 5.69 Å². The van der Waals surface area contributed by atoms with Gasteiger partial charge in [-0.1, -0.05) is 6.08 Å². The van der Waals surface area contributed by atoms with Gasteiger partial charge in [-0.3, -0.25) is 4.79 Å². The molecule has 1 aromatic heterocycles. The second kappa shape index (κ2) is 3.56. The molecule has 1 heterocycles. The summed E-state index contributed by atoms with van der Waals surface area (Å²) < 4.78 is 0.891. The Morgan fingerprint density at radius 3 is 3.00 bits per heavy atom. The Balaban J connectivity index is 3.05. The number of hydrogen-bond acceptors (Lipinski definition) is 3. The third kappa shape index (κ3) is 1.63. The van der Waals surface area contributed by atoms with Crippen LogP contribution in [0.4, 0.5) is 0 Å². The molecule has 0 fully saturated rings. The molecule has 0 aliphatic heterocycles. The van der Waals surface area contributed by atoms with Gasteiger partial charge in [0.25, 0.3) is 5.56 Å². The number of hydrogen-bond donors (Lipinski definition) is 2. The third-order valence-electron chi connectivity index (χ3n) is 1.25. The lowest BCUT2D eigenvalue weighted by atomic mass is 10.6. The van der Waals surface area contributed by atoms with Crippen LogP contribution >= 0.6 is 0 Å². The summed E-state index contributed by atoms with van der Waals surface area (Å²) in [5, 5.41) is 0. The van der Waals surface area contributed by atoms with E-state index >= 15 is 0 Å². The number of H-pyrrole nitrogens is 1. The van der Waals surface area contributed by atoms with E-state index in [4.69, 9.17) is 0 Å². The van der Waals surface area contributed by atoms with Crippen molar-refractivity contribution in [1.29, 1.82) is 0 Å². The first-order chi connectivity index (χ1) is 5.75. The van der Waals surface area contributed by atoms with Crippen LogP contribution in [0.3, 0.4) is 0 Å². The van der Waals surface area contributed by atoms with Crippen molar-refractivity contribution in [2.45, 2.75) is 0 Å². The zero-order valence-corrected chi connectivity index (χ0v) is 6.41. The van der Waals surface area contributed by atoms with E-state index in [1.54, 1.807) is 6.08 Å². The maximum atomic E-state index is 11.0.